The fourth-order valence-electron chi connectivity index (χ4n) is 4.43. The molecule has 3 aromatic carbocycles. The molecule has 6 nitrogen and oxygen atoms in total. The van der Waals surface area contributed by atoms with E-state index in [9.17, 15) is 14.4 Å². The summed E-state index contributed by atoms with van der Waals surface area (Å²) in [4.78, 5) is 38.7. The molecular formula is C26H20ClN3O3. The molecule has 0 aliphatic carbocycles. The maximum Gasteiger partial charge on any atom is 0.277 e. The Morgan fingerprint density at radius 1 is 0.909 bits per heavy atom. The number of anilines is 2. The summed E-state index contributed by atoms with van der Waals surface area (Å²) >= 11 is 6.36. The molecule has 0 fully saturated rings. The first-order chi connectivity index (χ1) is 15.9. The highest BCUT2D eigenvalue weighted by atomic mass is 35.5. The lowest BCUT2D eigenvalue weighted by molar-refractivity contribution is -0.120. The molecule has 3 amide bonds. The number of carbonyl (C=O) groups excluding carboxylic acids is 3. The molecule has 0 saturated heterocycles. The number of halogens is 1. The fourth-order valence-corrected chi connectivity index (χ4v) is 4.71. The van der Waals surface area contributed by atoms with Crippen molar-refractivity contribution in [3.63, 3.8) is 0 Å². The second kappa shape index (κ2) is 7.90. The van der Waals surface area contributed by atoms with Crippen molar-refractivity contribution in [2.24, 2.45) is 0 Å². The van der Waals surface area contributed by atoms with Gasteiger partial charge in [-0.3, -0.25) is 14.4 Å². The van der Waals surface area contributed by atoms with Crippen molar-refractivity contribution < 1.29 is 14.4 Å². The Balaban J connectivity index is 1.56. The third-order valence-corrected chi connectivity index (χ3v) is 6.20. The maximum absolute atomic E-state index is 13.3. The van der Waals surface area contributed by atoms with Crippen LogP contribution < -0.4 is 10.2 Å². The van der Waals surface area contributed by atoms with Crippen molar-refractivity contribution in [3.8, 4) is 0 Å². The van der Waals surface area contributed by atoms with Crippen molar-refractivity contribution >= 4 is 68.1 Å². The van der Waals surface area contributed by atoms with Gasteiger partial charge in [-0.05, 0) is 48.9 Å². The number of imide groups is 1. The van der Waals surface area contributed by atoms with Gasteiger partial charge in [-0.25, -0.2) is 4.90 Å². The van der Waals surface area contributed by atoms with Gasteiger partial charge in [0.2, 0.25) is 5.91 Å². The van der Waals surface area contributed by atoms with Crippen LogP contribution in [0, 0.1) is 0 Å². The third kappa shape index (κ3) is 3.31. The first kappa shape index (κ1) is 21.0. The van der Waals surface area contributed by atoms with Crippen LogP contribution in [0.25, 0.3) is 27.4 Å². The van der Waals surface area contributed by atoms with E-state index in [2.05, 4.69) is 22.9 Å². The van der Waals surface area contributed by atoms with Crippen LogP contribution in [0.4, 0.5) is 11.4 Å². The Kier molecular flexibility index (Phi) is 5.02. The number of aryl methyl sites for hydroxylation is 1. The van der Waals surface area contributed by atoms with Gasteiger partial charge in [-0.2, -0.15) is 0 Å². The third-order valence-electron chi connectivity index (χ3n) is 5.85. The molecule has 7 heteroatoms. The van der Waals surface area contributed by atoms with Crippen molar-refractivity contribution in [2.75, 3.05) is 10.2 Å². The molecule has 1 aliphatic heterocycles. The number of rotatable bonds is 4. The minimum absolute atomic E-state index is 0.122. The molecule has 1 N–H and O–H groups in total. The molecule has 0 spiro atoms. The van der Waals surface area contributed by atoms with Gasteiger partial charge in [-0.1, -0.05) is 41.9 Å². The molecule has 1 aromatic heterocycles. The van der Waals surface area contributed by atoms with E-state index in [1.807, 2.05) is 30.3 Å². The van der Waals surface area contributed by atoms with Crippen LogP contribution in [0.15, 0.2) is 71.8 Å². The van der Waals surface area contributed by atoms with E-state index in [0.29, 0.717) is 16.9 Å². The van der Waals surface area contributed by atoms with Crippen LogP contribution in [-0.2, 0) is 20.9 Å². The number of hydrogen-bond donors (Lipinski definition) is 1. The first-order valence-electron chi connectivity index (χ1n) is 10.6. The number of hydrogen-bond acceptors (Lipinski definition) is 3. The van der Waals surface area contributed by atoms with Crippen molar-refractivity contribution in [1.29, 1.82) is 0 Å². The molecule has 0 bridgehead atoms. The number of carbonyl (C=O) groups is 3. The van der Waals surface area contributed by atoms with E-state index < -0.39 is 11.8 Å². The predicted molar refractivity (Wildman–Crippen MR) is 131 cm³/mol. The lowest BCUT2D eigenvalue weighted by Gasteiger charge is -2.15. The number of aromatic nitrogens is 1. The van der Waals surface area contributed by atoms with Gasteiger partial charge >= 0.3 is 0 Å². The van der Waals surface area contributed by atoms with Gasteiger partial charge in [0, 0.05) is 41.0 Å². The molecule has 0 unspecified atom stereocenters. The van der Waals surface area contributed by atoms with Gasteiger partial charge in [0.25, 0.3) is 11.8 Å². The summed E-state index contributed by atoms with van der Waals surface area (Å²) in [6.07, 6.45) is 0. The minimum atomic E-state index is -0.554. The molecular weight excluding hydrogens is 438 g/mol. The van der Waals surface area contributed by atoms with Crippen LogP contribution >= 0.6 is 11.6 Å². The number of nitrogens with one attached hydrogen (secondary N) is 1. The Labute approximate surface area is 195 Å². The average Bonchev–Trinajstić information content (AvgIpc) is 3.24. The standard InChI is InChI=1S/C26H20ClN3O3/c1-3-29-21-7-5-4-6-19(21)20-14-18(12-13-22(20)29)30-25(32)23(24(27)26(30)33)16-8-10-17(11-9-16)28-15(2)31/h4-14H,3H2,1-2H3,(H,28,31). The largest absolute Gasteiger partial charge is 0.341 e. The summed E-state index contributed by atoms with van der Waals surface area (Å²) in [5.41, 5.74) is 3.86. The zero-order chi connectivity index (χ0) is 23.3. The molecule has 0 radical (unpaired) electrons. The second-order valence-electron chi connectivity index (χ2n) is 7.86. The minimum Gasteiger partial charge on any atom is -0.341 e. The molecule has 2 heterocycles. The van der Waals surface area contributed by atoms with Crippen molar-refractivity contribution in [1.82, 2.24) is 4.57 Å². The zero-order valence-corrected chi connectivity index (χ0v) is 18.8. The number of benzene rings is 3. The van der Waals surface area contributed by atoms with E-state index in [1.54, 1.807) is 30.3 Å². The Bertz CT molecular complexity index is 1500. The van der Waals surface area contributed by atoms with Gasteiger partial charge in [0.05, 0.1) is 11.3 Å². The van der Waals surface area contributed by atoms with E-state index in [-0.39, 0.29) is 16.5 Å². The van der Waals surface area contributed by atoms with Crippen LogP contribution in [-0.4, -0.2) is 22.3 Å². The normalized spacial score (nSPS) is 14.1. The zero-order valence-electron chi connectivity index (χ0n) is 18.1. The summed E-state index contributed by atoms with van der Waals surface area (Å²) in [6.45, 7) is 4.30. The van der Waals surface area contributed by atoms with E-state index in [0.717, 1.165) is 33.3 Å². The van der Waals surface area contributed by atoms with Crippen LogP contribution in [0.5, 0.6) is 0 Å². The Morgan fingerprint density at radius 2 is 1.61 bits per heavy atom. The highest BCUT2D eigenvalue weighted by Gasteiger charge is 2.39. The van der Waals surface area contributed by atoms with Crippen LogP contribution in [0.1, 0.15) is 19.4 Å². The maximum atomic E-state index is 13.3. The summed E-state index contributed by atoms with van der Waals surface area (Å²) in [5, 5.41) is 4.58. The highest BCUT2D eigenvalue weighted by Crippen LogP contribution is 2.38. The van der Waals surface area contributed by atoms with Gasteiger partial charge in [-0.15, -0.1) is 0 Å². The molecule has 33 heavy (non-hydrogen) atoms. The summed E-state index contributed by atoms with van der Waals surface area (Å²) < 4.78 is 2.20. The van der Waals surface area contributed by atoms with Gasteiger partial charge < -0.3 is 9.88 Å². The quantitative estimate of drug-likeness (QED) is 0.423. The smallest absolute Gasteiger partial charge is 0.277 e. The predicted octanol–water partition coefficient (Wildman–Crippen LogP) is 5.30. The van der Waals surface area contributed by atoms with Crippen molar-refractivity contribution in [3.05, 3.63) is 77.3 Å². The Hall–Kier alpha value is -3.90. The Morgan fingerprint density at radius 3 is 2.30 bits per heavy atom. The van der Waals surface area contributed by atoms with Gasteiger partial charge in [0.1, 0.15) is 5.03 Å². The summed E-state index contributed by atoms with van der Waals surface area (Å²) in [6, 6.07) is 20.3. The van der Waals surface area contributed by atoms with Gasteiger partial charge in [0.15, 0.2) is 0 Å². The number of para-hydroxylation sites is 1. The molecule has 0 atom stereocenters. The average molecular weight is 458 g/mol. The van der Waals surface area contributed by atoms with Crippen LogP contribution in [0.3, 0.4) is 0 Å². The molecule has 0 saturated carbocycles. The molecule has 164 valence electrons. The van der Waals surface area contributed by atoms with E-state index in [4.69, 9.17) is 11.6 Å². The first-order valence-corrected chi connectivity index (χ1v) is 11.0. The SMILES string of the molecule is CCn1c2ccccc2c2cc(N3C(=O)C(Cl)=C(c4ccc(NC(C)=O)cc4)C3=O)ccc21. The topological polar surface area (TPSA) is 71.4 Å². The monoisotopic (exact) mass is 457 g/mol. The second-order valence-corrected chi connectivity index (χ2v) is 8.23. The van der Waals surface area contributed by atoms with E-state index >= 15 is 0 Å². The molecule has 4 aromatic rings. The molecule has 5 rings (SSSR count). The molecule has 1 aliphatic rings. The number of nitrogens with zero attached hydrogens (tertiary/aromatic N) is 2. The van der Waals surface area contributed by atoms with Crippen LogP contribution in [0.2, 0.25) is 0 Å². The lowest BCUT2D eigenvalue weighted by atomic mass is 10.1. The summed E-state index contributed by atoms with van der Waals surface area (Å²) in [5.74, 6) is -1.23. The lowest BCUT2D eigenvalue weighted by Crippen LogP contribution is -2.31. The van der Waals surface area contributed by atoms with Crippen molar-refractivity contribution in [2.45, 2.75) is 20.4 Å². The summed E-state index contributed by atoms with van der Waals surface area (Å²) in [7, 11) is 0. The highest BCUT2D eigenvalue weighted by molar-refractivity contribution is 6.60. The number of amides is 3. The fraction of sp³-hybridized carbons (Fsp3) is 0.115. The number of fused-ring (bicyclic) bond motifs is 3. The van der Waals surface area contributed by atoms with E-state index in [1.165, 1.54) is 6.92 Å².